The maximum atomic E-state index is 13.5. The van der Waals surface area contributed by atoms with E-state index < -0.39 is 10.7 Å². The fourth-order valence-corrected chi connectivity index (χ4v) is 2.16. The lowest BCUT2D eigenvalue weighted by Crippen LogP contribution is -2.34. The van der Waals surface area contributed by atoms with E-state index >= 15 is 0 Å². The number of hydrogen-bond donors (Lipinski definition) is 1. The predicted molar refractivity (Wildman–Crippen MR) is 74.8 cm³/mol. The molecule has 0 spiro atoms. The van der Waals surface area contributed by atoms with Gasteiger partial charge in [-0.1, -0.05) is 0 Å². The van der Waals surface area contributed by atoms with Crippen molar-refractivity contribution < 1.29 is 18.8 Å². The molecule has 1 unspecified atom stereocenters. The van der Waals surface area contributed by atoms with Crippen LogP contribution in [-0.4, -0.2) is 37.4 Å². The van der Waals surface area contributed by atoms with E-state index in [1.54, 1.807) is 22.6 Å². The molecule has 104 valence electrons. The van der Waals surface area contributed by atoms with Crippen molar-refractivity contribution in [3.63, 3.8) is 0 Å². The Bertz CT molecular complexity index is 480. The summed E-state index contributed by atoms with van der Waals surface area (Å²) < 4.78 is 24.3. The number of benzene rings is 1. The van der Waals surface area contributed by atoms with Gasteiger partial charge in [-0.3, -0.25) is 10.1 Å². The number of anilines is 1. The molecule has 8 heteroatoms. The molecule has 1 heterocycles. The zero-order valence-electron chi connectivity index (χ0n) is 9.90. The highest BCUT2D eigenvalue weighted by atomic mass is 127. The second-order valence-electron chi connectivity index (χ2n) is 3.99. The van der Waals surface area contributed by atoms with Crippen LogP contribution in [0.2, 0.25) is 0 Å². The van der Waals surface area contributed by atoms with E-state index in [4.69, 9.17) is 9.47 Å². The summed E-state index contributed by atoms with van der Waals surface area (Å²) in [5.74, 6) is -0.491. The zero-order chi connectivity index (χ0) is 13.8. The molecular formula is C11H12FIN2O4. The zero-order valence-corrected chi connectivity index (χ0v) is 12.1. The van der Waals surface area contributed by atoms with Crippen LogP contribution in [0.1, 0.15) is 0 Å². The van der Waals surface area contributed by atoms with Crippen molar-refractivity contribution in [3.05, 3.63) is 31.6 Å². The van der Waals surface area contributed by atoms with Gasteiger partial charge in [-0.2, -0.15) is 0 Å². The molecule has 0 aliphatic carbocycles. The topological polar surface area (TPSA) is 73.6 Å². The minimum atomic E-state index is -0.540. The van der Waals surface area contributed by atoms with Crippen LogP contribution in [-0.2, 0) is 9.47 Å². The van der Waals surface area contributed by atoms with E-state index in [0.29, 0.717) is 26.4 Å². The Morgan fingerprint density at radius 3 is 2.95 bits per heavy atom. The summed E-state index contributed by atoms with van der Waals surface area (Å²) in [5.41, 5.74) is -0.000354. The van der Waals surface area contributed by atoms with E-state index in [1.807, 2.05) is 0 Å². The minimum Gasteiger partial charge on any atom is -0.377 e. The van der Waals surface area contributed by atoms with Crippen molar-refractivity contribution in [1.29, 1.82) is 0 Å². The Hall–Kier alpha value is -1.00. The summed E-state index contributed by atoms with van der Waals surface area (Å²) in [6.45, 7) is 1.80. The van der Waals surface area contributed by atoms with Crippen LogP contribution in [0.25, 0.3) is 0 Å². The molecule has 1 aromatic carbocycles. The van der Waals surface area contributed by atoms with Gasteiger partial charge in [0.1, 0.15) is 11.5 Å². The number of hydrogen-bond acceptors (Lipinski definition) is 5. The average molecular weight is 382 g/mol. The number of nitro benzene ring substituents is 1. The van der Waals surface area contributed by atoms with Crippen molar-refractivity contribution in [2.24, 2.45) is 0 Å². The van der Waals surface area contributed by atoms with E-state index in [1.165, 1.54) is 6.07 Å². The maximum Gasteiger partial charge on any atom is 0.293 e. The van der Waals surface area contributed by atoms with Crippen LogP contribution in [0.15, 0.2) is 12.1 Å². The van der Waals surface area contributed by atoms with Gasteiger partial charge in [0.05, 0.1) is 34.4 Å². The normalized spacial score (nSPS) is 19.2. The lowest BCUT2D eigenvalue weighted by molar-refractivity contribution is -0.384. The Morgan fingerprint density at radius 2 is 2.32 bits per heavy atom. The average Bonchev–Trinajstić information content (AvgIpc) is 2.40. The second kappa shape index (κ2) is 6.44. The third-order valence-electron chi connectivity index (χ3n) is 2.64. The maximum absolute atomic E-state index is 13.5. The van der Waals surface area contributed by atoms with Gasteiger partial charge in [-0.15, -0.1) is 0 Å². The SMILES string of the molecule is O=[N+]([O-])c1cc(I)c(F)cc1NCC1COCCO1. The number of nitro groups is 1. The summed E-state index contributed by atoms with van der Waals surface area (Å²) in [5, 5.41) is 13.8. The van der Waals surface area contributed by atoms with Crippen molar-refractivity contribution in [3.8, 4) is 0 Å². The van der Waals surface area contributed by atoms with Gasteiger partial charge in [0.2, 0.25) is 0 Å². The van der Waals surface area contributed by atoms with Crippen LogP contribution in [0.5, 0.6) is 0 Å². The molecule has 0 saturated carbocycles. The molecule has 6 nitrogen and oxygen atoms in total. The van der Waals surface area contributed by atoms with Crippen molar-refractivity contribution >= 4 is 34.0 Å². The fraction of sp³-hybridized carbons (Fsp3) is 0.455. The Morgan fingerprint density at radius 1 is 1.53 bits per heavy atom. The molecule has 2 rings (SSSR count). The standard InChI is InChI=1S/C11H12FIN2O4/c12-8-3-10(11(15(16)17)4-9(8)13)14-5-7-6-18-1-2-19-7/h3-4,7,14H,1-2,5-6H2. The van der Waals surface area contributed by atoms with Crippen LogP contribution in [0.4, 0.5) is 15.8 Å². The summed E-state index contributed by atoms with van der Waals surface area (Å²) in [7, 11) is 0. The molecular weight excluding hydrogens is 370 g/mol. The van der Waals surface area contributed by atoms with Crippen molar-refractivity contribution in [2.45, 2.75) is 6.10 Å². The van der Waals surface area contributed by atoms with Crippen LogP contribution < -0.4 is 5.32 Å². The Balaban J connectivity index is 2.09. The quantitative estimate of drug-likeness (QED) is 0.491. The minimum absolute atomic E-state index is 0.150. The van der Waals surface area contributed by atoms with Crippen molar-refractivity contribution in [1.82, 2.24) is 0 Å². The highest BCUT2D eigenvalue weighted by Crippen LogP contribution is 2.28. The first-order chi connectivity index (χ1) is 9.08. The predicted octanol–water partition coefficient (Wildman–Crippen LogP) is 2.17. The van der Waals surface area contributed by atoms with Gasteiger partial charge in [0, 0.05) is 18.7 Å². The number of nitrogens with one attached hydrogen (secondary N) is 1. The third kappa shape index (κ3) is 3.74. The highest BCUT2D eigenvalue weighted by molar-refractivity contribution is 14.1. The van der Waals surface area contributed by atoms with Gasteiger partial charge in [0.15, 0.2) is 0 Å². The number of rotatable bonds is 4. The van der Waals surface area contributed by atoms with Gasteiger partial charge in [-0.05, 0) is 22.6 Å². The summed E-state index contributed by atoms with van der Waals surface area (Å²) in [6, 6.07) is 2.33. The first-order valence-electron chi connectivity index (χ1n) is 5.64. The van der Waals surface area contributed by atoms with Crippen LogP contribution in [0, 0.1) is 19.5 Å². The molecule has 1 saturated heterocycles. The van der Waals surface area contributed by atoms with E-state index in [9.17, 15) is 14.5 Å². The third-order valence-corrected chi connectivity index (χ3v) is 3.47. The first kappa shape index (κ1) is 14.4. The van der Waals surface area contributed by atoms with Crippen molar-refractivity contribution in [2.75, 3.05) is 31.7 Å². The van der Waals surface area contributed by atoms with E-state index in [-0.39, 0.29) is 21.0 Å². The molecule has 0 bridgehead atoms. The lowest BCUT2D eigenvalue weighted by atomic mass is 10.2. The largest absolute Gasteiger partial charge is 0.377 e. The van der Waals surface area contributed by atoms with Gasteiger partial charge < -0.3 is 14.8 Å². The fourth-order valence-electron chi connectivity index (χ4n) is 1.71. The Labute approximate surface area is 122 Å². The summed E-state index contributed by atoms with van der Waals surface area (Å²) >= 11 is 1.72. The van der Waals surface area contributed by atoms with E-state index in [2.05, 4.69) is 5.32 Å². The molecule has 1 N–H and O–H groups in total. The molecule has 1 fully saturated rings. The van der Waals surface area contributed by atoms with Crippen LogP contribution in [0.3, 0.4) is 0 Å². The monoisotopic (exact) mass is 382 g/mol. The Kier molecular flexibility index (Phi) is 4.88. The number of ether oxygens (including phenoxy) is 2. The molecule has 0 aromatic heterocycles. The second-order valence-corrected chi connectivity index (χ2v) is 5.15. The molecule has 1 atom stereocenters. The molecule has 0 amide bonds. The van der Waals surface area contributed by atoms with Gasteiger partial charge in [0.25, 0.3) is 5.69 Å². The lowest BCUT2D eigenvalue weighted by Gasteiger charge is -2.23. The summed E-state index contributed by atoms with van der Waals surface area (Å²) in [4.78, 5) is 10.4. The molecule has 19 heavy (non-hydrogen) atoms. The van der Waals surface area contributed by atoms with Gasteiger partial charge in [-0.25, -0.2) is 4.39 Å². The van der Waals surface area contributed by atoms with E-state index in [0.717, 1.165) is 6.07 Å². The van der Waals surface area contributed by atoms with Gasteiger partial charge >= 0.3 is 0 Å². The highest BCUT2D eigenvalue weighted by Gasteiger charge is 2.20. The number of nitrogens with zero attached hydrogens (tertiary/aromatic N) is 1. The first-order valence-corrected chi connectivity index (χ1v) is 6.72. The molecule has 1 aliphatic rings. The molecule has 0 radical (unpaired) electrons. The summed E-state index contributed by atoms with van der Waals surface area (Å²) in [6.07, 6.45) is -0.185. The smallest absolute Gasteiger partial charge is 0.293 e. The number of halogens is 2. The molecule has 1 aromatic rings. The molecule has 1 aliphatic heterocycles. The van der Waals surface area contributed by atoms with Crippen LogP contribution >= 0.6 is 22.6 Å².